The lowest BCUT2D eigenvalue weighted by Crippen LogP contribution is -2.35. The Morgan fingerprint density at radius 3 is 2.51 bits per heavy atom. The highest BCUT2D eigenvalue weighted by Crippen LogP contribution is 2.31. The maximum absolute atomic E-state index is 11.2. The van der Waals surface area contributed by atoms with Crippen LogP contribution < -0.4 is 0 Å². The third-order valence-electron chi connectivity index (χ3n) is 6.15. The Hall–Kier alpha value is -3.52. The molecule has 0 aliphatic carbocycles. The van der Waals surface area contributed by atoms with Crippen molar-refractivity contribution < 1.29 is 19.2 Å². The van der Waals surface area contributed by atoms with E-state index in [2.05, 4.69) is 35.3 Å². The van der Waals surface area contributed by atoms with E-state index < -0.39 is 5.97 Å². The number of aryl methyl sites for hydroxylation is 1. The van der Waals surface area contributed by atoms with Gasteiger partial charge in [0.05, 0.1) is 13.2 Å². The molecule has 3 aromatic carbocycles. The minimum absolute atomic E-state index is 0. The molecule has 4 rings (SSSR count). The molecule has 0 saturated carbocycles. The quantitative estimate of drug-likeness (QED) is 0.264. The maximum atomic E-state index is 11.2. The third-order valence-corrected chi connectivity index (χ3v) is 6.15. The minimum Gasteiger partial charge on any atom is -0.480 e. The van der Waals surface area contributed by atoms with Gasteiger partial charge < -0.3 is 14.4 Å². The number of halogens is 1. The molecule has 1 aromatic heterocycles. The molecule has 4 aromatic rings. The molecular formula is C29H32ClN3O4. The fraction of sp³-hybridized carbons (Fsp3) is 0.276. The predicted molar refractivity (Wildman–Crippen MR) is 146 cm³/mol. The number of carboxylic acids is 1. The van der Waals surface area contributed by atoms with Crippen molar-refractivity contribution in [3.63, 3.8) is 0 Å². The summed E-state index contributed by atoms with van der Waals surface area (Å²) in [6.45, 7) is 7.03. The largest absolute Gasteiger partial charge is 0.480 e. The molecule has 0 fully saturated rings. The number of benzene rings is 3. The van der Waals surface area contributed by atoms with E-state index in [1.807, 2.05) is 67.3 Å². The second-order valence-corrected chi connectivity index (χ2v) is 9.14. The minimum atomic E-state index is -0.844. The van der Waals surface area contributed by atoms with Gasteiger partial charge >= 0.3 is 5.97 Å². The Labute approximate surface area is 223 Å². The van der Waals surface area contributed by atoms with Crippen molar-refractivity contribution in [2.75, 3.05) is 13.7 Å². The second kappa shape index (κ2) is 12.6. The molecule has 0 radical (unpaired) electrons. The van der Waals surface area contributed by atoms with Crippen LogP contribution in [0.25, 0.3) is 34.0 Å². The summed E-state index contributed by atoms with van der Waals surface area (Å²) in [5.74, 6) is 0.0696. The van der Waals surface area contributed by atoms with Crippen molar-refractivity contribution in [1.29, 1.82) is 0 Å². The van der Waals surface area contributed by atoms with Crippen LogP contribution in [0.4, 0.5) is 0 Å². The van der Waals surface area contributed by atoms with Crippen LogP contribution in [0.5, 0.6) is 0 Å². The Morgan fingerprint density at radius 2 is 1.81 bits per heavy atom. The Morgan fingerprint density at radius 1 is 1.03 bits per heavy atom. The molecule has 0 unspecified atom stereocenters. The summed E-state index contributed by atoms with van der Waals surface area (Å²) < 4.78 is 11.1. The highest BCUT2D eigenvalue weighted by Gasteiger charge is 2.17. The van der Waals surface area contributed by atoms with Crippen LogP contribution >= 0.6 is 12.4 Å². The lowest BCUT2D eigenvalue weighted by Gasteiger charge is -2.24. The first-order valence-electron chi connectivity index (χ1n) is 11.9. The number of hydrogen-bond donors (Lipinski definition) is 1. The van der Waals surface area contributed by atoms with E-state index in [1.54, 1.807) is 7.11 Å². The van der Waals surface area contributed by atoms with Gasteiger partial charge in [0, 0.05) is 30.8 Å². The standard InChI is InChI=1S/C29H31N3O4.ClH/c1-19(2)32(17-27(33)34)16-21-9-7-10-22(14-21)28-30-29(36-31-28)23-12-13-26(24(15-23)18-35-4)25-11-6-5-8-20(25)3;/h5-15,19H,16-18H2,1-4H3,(H,33,34);1H. The fourth-order valence-electron chi connectivity index (χ4n) is 4.24. The van der Waals surface area contributed by atoms with Gasteiger partial charge in [-0.05, 0) is 66.8 Å². The monoisotopic (exact) mass is 521 g/mol. The summed E-state index contributed by atoms with van der Waals surface area (Å²) >= 11 is 0. The highest BCUT2D eigenvalue weighted by atomic mass is 35.5. The molecule has 0 atom stereocenters. The van der Waals surface area contributed by atoms with E-state index in [4.69, 9.17) is 9.26 Å². The number of methoxy groups -OCH3 is 1. The van der Waals surface area contributed by atoms with E-state index in [1.165, 1.54) is 5.56 Å². The zero-order valence-electron chi connectivity index (χ0n) is 21.5. The van der Waals surface area contributed by atoms with Crippen LogP contribution in [0.1, 0.15) is 30.5 Å². The lowest BCUT2D eigenvalue weighted by atomic mass is 9.94. The van der Waals surface area contributed by atoms with Crippen molar-refractivity contribution in [3.8, 4) is 34.0 Å². The molecule has 0 saturated heterocycles. The van der Waals surface area contributed by atoms with Crippen LogP contribution in [0.15, 0.2) is 71.3 Å². The van der Waals surface area contributed by atoms with Gasteiger partial charge in [0.25, 0.3) is 5.89 Å². The predicted octanol–water partition coefficient (Wildman–Crippen LogP) is 6.24. The molecule has 0 aliphatic rings. The molecular weight excluding hydrogens is 490 g/mol. The van der Waals surface area contributed by atoms with Gasteiger partial charge in [-0.15, -0.1) is 12.4 Å². The molecule has 0 amide bonds. The summed E-state index contributed by atoms with van der Waals surface area (Å²) in [5, 5.41) is 13.4. The van der Waals surface area contributed by atoms with Crippen LogP contribution in [-0.2, 0) is 22.7 Å². The summed E-state index contributed by atoms with van der Waals surface area (Å²) in [5.41, 5.74) is 7.13. The van der Waals surface area contributed by atoms with Crippen LogP contribution in [0.3, 0.4) is 0 Å². The van der Waals surface area contributed by atoms with Crippen LogP contribution in [0, 0.1) is 6.92 Å². The Bertz CT molecular complexity index is 1350. The SMILES string of the molecule is COCc1cc(-c2nc(-c3cccc(CN(CC(=O)O)C(C)C)c3)no2)ccc1-c1ccccc1C.Cl. The van der Waals surface area contributed by atoms with Crippen LogP contribution in [0.2, 0.25) is 0 Å². The fourth-order valence-corrected chi connectivity index (χ4v) is 4.24. The normalized spacial score (nSPS) is 11.1. The molecule has 8 heteroatoms. The first-order chi connectivity index (χ1) is 17.4. The summed E-state index contributed by atoms with van der Waals surface area (Å²) in [4.78, 5) is 17.8. The first-order valence-corrected chi connectivity index (χ1v) is 11.9. The molecule has 194 valence electrons. The first kappa shape index (κ1) is 28.1. The van der Waals surface area contributed by atoms with Crippen molar-refractivity contribution in [2.45, 2.75) is 40.0 Å². The maximum Gasteiger partial charge on any atom is 0.317 e. The molecule has 0 spiro atoms. The second-order valence-electron chi connectivity index (χ2n) is 9.14. The smallest absolute Gasteiger partial charge is 0.317 e. The van der Waals surface area contributed by atoms with E-state index >= 15 is 0 Å². The summed E-state index contributed by atoms with van der Waals surface area (Å²) in [7, 11) is 1.68. The summed E-state index contributed by atoms with van der Waals surface area (Å²) in [6.07, 6.45) is 0. The molecule has 37 heavy (non-hydrogen) atoms. The number of carboxylic acid groups (broad SMARTS) is 1. The topological polar surface area (TPSA) is 88.7 Å². The van der Waals surface area contributed by atoms with Crippen molar-refractivity contribution in [1.82, 2.24) is 15.0 Å². The van der Waals surface area contributed by atoms with Crippen LogP contribution in [-0.4, -0.2) is 45.8 Å². The molecule has 7 nitrogen and oxygen atoms in total. The van der Waals surface area contributed by atoms with Gasteiger partial charge in [-0.1, -0.05) is 53.7 Å². The number of aromatic nitrogens is 2. The molecule has 1 heterocycles. The van der Waals surface area contributed by atoms with E-state index in [-0.39, 0.29) is 25.0 Å². The van der Waals surface area contributed by atoms with E-state index in [0.29, 0.717) is 24.9 Å². The highest BCUT2D eigenvalue weighted by molar-refractivity contribution is 5.85. The zero-order chi connectivity index (χ0) is 25.7. The lowest BCUT2D eigenvalue weighted by molar-refractivity contribution is -0.138. The number of nitrogens with zero attached hydrogens (tertiary/aromatic N) is 3. The number of hydrogen-bond acceptors (Lipinski definition) is 6. The molecule has 0 bridgehead atoms. The average Bonchev–Trinajstić information content (AvgIpc) is 3.35. The van der Waals surface area contributed by atoms with Crippen molar-refractivity contribution in [2.24, 2.45) is 0 Å². The Kier molecular flexibility index (Phi) is 9.58. The molecule has 1 N–H and O–H groups in total. The number of carbonyl (C=O) groups is 1. The van der Waals surface area contributed by atoms with Gasteiger partial charge in [0.15, 0.2) is 0 Å². The van der Waals surface area contributed by atoms with Gasteiger partial charge in [0.1, 0.15) is 0 Å². The van der Waals surface area contributed by atoms with Crippen molar-refractivity contribution >= 4 is 18.4 Å². The van der Waals surface area contributed by atoms with Gasteiger partial charge in [-0.2, -0.15) is 4.98 Å². The third kappa shape index (κ3) is 6.83. The van der Waals surface area contributed by atoms with Gasteiger partial charge in [-0.25, -0.2) is 0 Å². The number of aliphatic carboxylic acids is 1. The molecule has 0 aliphatic heterocycles. The van der Waals surface area contributed by atoms with Crippen molar-refractivity contribution in [3.05, 3.63) is 83.4 Å². The van der Waals surface area contributed by atoms with Gasteiger partial charge in [-0.3, -0.25) is 9.69 Å². The van der Waals surface area contributed by atoms with E-state index in [0.717, 1.165) is 33.4 Å². The summed E-state index contributed by atoms with van der Waals surface area (Å²) in [6, 6.07) is 22.3. The zero-order valence-corrected chi connectivity index (χ0v) is 22.3. The number of ether oxygens (including phenoxy) is 1. The Balaban J connectivity index is 0.00000380. The van der Waals surface area contributed by atoms with Gasteiger partial charge in [0.2, 0.25) is 5.82 Å². The van der Waals surface area contributed by atoms with E-state index in [9.17, 15) is 9.90 Å². The number of rotatable bonds is 10. The average molecular weight is 522 g/mol.